The summed E-state index contributed by atoms with van der Waals surface area (Å²) < 4.78 is 5.27. The van der Waals surface area contributed by atoms with Gasteiger partial charge in [0.2, 0.25) is 0 Å². The first-order chi connectivity index (χ1) is 9.19. The van der Waals surface area contributed by atoms with E-state index in [1.807, 2.05) is 18.2 Å². The predicted octanol–water partition coefficient (Wildman–Crippen LogP) is 2.13. The average Bonchev–Trinajstić information content (AvgIpc) is 2.46. The Morgan fingerprint density at radius 1 is 1.53 bits per heavy atom. The van der Waals surface area contributed by atoms with Crippen LogP contribution in [-0.4, -0.2) is 26.2 Å². The van der Waals surface area contributed by atoms with Crippen LogP contribution in [0.15, 0.2) is 18.2 Å². The second kappa shape index (κ2) is 5.94. The highest BCUT2D eigenvalue weighted by Gasteiger charge is 2.27. The monoisotopic (exact) mass is 259 g/mol. The summed E-state index contributed by atoms with van der Waals surface area (Å²) >= 11 is 0. The van der Waals surface area contributed by atoms with E-state index in [-0.39, 0.29) is 0 Å². The van der Waals surface area contributed by atoms with E-state index in [2.05, 4.69) is 17.9 Å². The maximum Gasteiger partial charge on any atom is 0.121 e. The van der Waals surface area contributed by atoms with Gasteiger partial charge in [-0.25, -0.2) is 0 Å². The number of hydrogen-bond acceptors (Lipinski definition) is 4. The number of ether oxygens (including phenoxy) is 1. The quantitative estimate of drug-likeness (QED) is 0.903. The number of piperidine rings is 1. The van der Waals surface area contributed by atoms with Gasteiger partial charge in [0.05, 0.1) is 18.4 Å². The van der Waals surface area contributed by atoms with Gasteiger partial charge in [-0.3, -0.25) is 0 Å². The van der Waals surface area contributed by atoms with E-state index in [1.54, 1.807) is 7.11 Å². The molecule has 4 heteroatoms. The van der Waals surface area contributed by atoms with Crippen LogP contribution in [0.1, 0.15) is 25.3 Å². The number of methoxy groups -OCH3 is 1. The summed E-state index contributed by atoms with van der Waals surface area (Å²) in [7, 11) is 1.64. The zero-order valence-corrected chi connectivity index (χ0v) is 11.6. The number of benzene rings is 1. The van der Waals surface area contributed by atoms with Crippen LogP contribution in [0.3, 0.4) is 0 Å². The second-order valence-corrected chi connectivity index (χ2v) is 5.21. The lowest BCUT2D eigenvalue weighted by molar-refractivity contribution is 0.366. The smallest absolute Gasteiger partial charge is 0.121 e. The molecule has 0 saturated carbocycles. The van der Waals surface area contributed by atoms with Crippen LogP contribution < -0.4 is 15.4 Å². The van der Waals surface area contributed by atoms with Gasteiger partial charge in [-0.1, -0.05) is 6.92 Å². The molecule has 4 nitrogen and oxygen atoms in total. The molecule has 1 aromatic carbocycles. The molecule has 102 valence electrons. The number of hydrogen-bond donors (Lipinski definition) is 1. The molecule has 0 bridgehead atoms. The van der Waals surface area contributed by atoms with Gasteiger partial charge in [0.15, 0.2) is 0 Å². The molecular formula is C15H21N3O. The van der Waals surface area contributed by atoms with Crippen LogP contribution in [0, 0.1) is 17.2 Å². The summed E-state index contributed by atoms with van der Waals surface area (Å²) in [5.74, 6) is 1.48. The van der Waals surface area contributed by atoms with Crippen molar-refractivity contribution in [3.05, 3.63) is 23.8 Å². The number of rotatable bonds is 3. The molecule has 1 fully saturated rings. The lowest BCUT2D eigenvalue weighted by Crippen LogP contribution is -2.46. The van der Waals surface area contributed by atoms with Crippen molar-refractivity contribution in [1.82, 2.24) is 0 Å². The first kappa shape index (κ1) is 13.7. The summed E-state index contributed by atoms with van der Waals surface area (Å²) in [6.45, 7) is 3.83. The van der Waals surface area contributed by atoms with E-state index in [1.165, 1.54) is 0 Å². The largest absolute Gasteiger partial charge is 0.497 e. The maximum atomic E-state index is 9.27. The SMILES string of the molecule is COc1ccc(C#N)c(N2CCC(C)CC2CN)c1. The molecule has 0 radical (unpaired) electrons. The number of anilines is 1. The second-order valence-electron chi connectivity index (χ2n) is 5.21. The van der Waals surface area contributed by atoms with Crippen LogP contribution in [0.2, 0.25) is 0 Å². The van der Waals surface area contributed by atoms with E-state index in [9.17, 15) is 5.26 Å². The number of nitriles is 1. The third-order valence-corrected chi connectivity index (χ3v) is 3.88. The number of nitrogens with two attached hydrogens (primary N) is 1. The fourth-order valence-electron chi connectivity index (χ4n) is 2.76. The normalized spacial score (nSPS) is 22.9. The molecule has 2 unspecified atom stereocenters. The number of nitrogens with zero attached hydrogens (tertiary/aromatic N) is 2. The minimum Gasteiger partial charge on any atom is -0.497 e. The van der Waals surface area contributed by atoms with E-state index >= 15 is 0 Å². The Hall–Kier alpha value is -1.73. The van der Waals surface area contributed by atoms with Crippen molar-refractivity contribution in [2.24, 2.45) is 11.7 Å². The van der Waals surface area contributed by atoms with Crippen LogP contribution in [0.25, 0.3) is 0 Å². The van der Waals surface area contributed by atoms with Gasteiger partial charge < -0.3 is 15.4 Å². The van der Waals surface area contributed by atoms with Gasteiger partial charge in [0, 0.05) is 25.2 Å². The molecule has 1 aromatic rings. The molecule has 1 saturated heterocycles. The van der Waals surface area contributed by atoms with E-state index in [0.29, 0.717) is 24.1 Å². The summed E-state index contributed by atoms with van der Waals surface area (Å²) in [5, 5.41) is 9.27. The zero-order chi connectivity index (χ0) is 13.8. The topological polar surface area (TPSA) is 62.3 Å². The van der Waals surface area contributed by atoms with Crippen LogP contribution in [0.5, 0.6) is 5.75 Å². The molecule has 0 spiro atoms. The van der Waals surface area contributed by atoms with Gasteiger partial charge in [-0.05, 0) is 30.9 Å². The molecule has 1 aliphatic rings. The molecule has 2 N–H and O–H groups in total. The summed E-state index contributed by atoms with van der Waals surface area (Å²) in [6, 6.07) is 8.16. The Balaban J connectivity index is 2.36. The molecule has 19 heavy (non-hydrogen) atoms. The van der Waals surface area contributed by atoms with Crippen molar-refractivity contribution in [1.29, 1.82) is 5.26 Å². The molecule has 0 amide bonds. The Morgan fingerprint density at radius 2 is 2.32 bits per heavy atom. The Morgan fingerprint density at radius 3 is 2.95 bits per heavy atom. The minimum atomic E-state index is 0.308. The first-order valence-corrected chi connectivity index (χ1v) is 6.74. The minimum absolute atomic E-state index is 0.308. The van der Waals surface area contributed by atoms with Crippen LogP contribution in [-0.2, 0) is 0 Å². The molecule has 1 aliphatic heterocycles. The van der Waals surface area contributed by atoms with Gasteiger partial charge in [0.1, 0.15) is 11.8 Å². The van der Waals surface area contributed by atoms with Crippen molar-refractivity contribution in [3.8, 4) is 11.8 Å². The summed E-state index contributed by atoms with van der Waals surface area (Å²) in [4.78, 5) is 2.26. The molecular weight excluding hydrogens is 238 g/mol. The van der Waals surface area contributed by atoms with E-state index in [0.717, 1.165) is 30.8 Å². The summed E-state index contributed by atoms with van der Waals surface area (Å²) in [6.07, 6.45) is 2.22. The standard InChI is InChI=1S/C15H21N3O/c1-11-5-6-18(13(7-11)10-17)15-8-14(19-2)4-3-12(15)9-16/h3-4,8,11,13H,5-7,10,17H2,1-2H3. The van der Waals surface area contributed by atoms with Gasteiger partial charge in [-0.2, -0.15) is 5.26 Å². The van der Waals surface area contributed by atoms with Crippen molar-refractivity contribution >= 4 is 5.69 Å². The predicted molar refractivity (Wildman–Crippen MR) is 76.3 cm³/mol. The van der Waals surface area contributed by atoms with Gasteiger partial charge in [0.25, 0.3) is 0 Å². The average molecular weight is 259 g/mol. The van der Waals surface area contributed by atoms with Crippen molar-refractivity contribution in [2.45, 2.75) is 25.8 Å². The fraction of sp³-hybridized carbons (Fsp3) is 0.533. The maximum absolute atomic E-state index is 9.27. The highest BCUT2D eigenvalue weighted by atomic mass is 16.5. The molecule has 0 aliphatic carbocycles. The lowest BCUT2D eigenvalue weighted by atomic mass is 9.91. The Bertz CT molecular complexity index is 481. The molecule has 2 rings (SSSR count). The van der Waals surface area contributed by atoms with Crippen LogP contribution >= 0.6 is 0 Å². The Kier molecular flexibility index (Phi) is 4.28. The van der Waals surface area contributed by atoms with Crippen molar-refractivity contribution < 1.29 is 4.74 Å². The summed E-state index contributed by atoms with van der Waals surface area (Å²) in [5.41, 5.74) is 7.54. The Labute approximate surface area is 114 Å². The van der Waals surface area contributed by atoms with Crippen molar-refractivity contribution in [2.75, 3.05) is 25.1 Å². The third-order valence-electron chi connectivity index (χ3n) is 3.88. The highest BCUT2D eigenvalue weighted by Crippen LogP contribution is 2.32. The third kappa shape index (κ3) is 2.82. The van der Waals surface area contributed by atoms with Gasteiger partial charge >= 0.3 is 0 Å². The molecule has 1 heterocycles. The first-order valence-electron chi connectivity index (χ1n) is 6.74. The molecule has 0 aromatic heterocycles. The fourth-order valence-corrected chi connectivity index (χ4v) is 2.76. The van der Waals surface area contributed by atoms with Crippen molar-refractivity contribution in [3.63, 3.8) is 0 Å². The highest BCUT2D eigenvalue weighted by molar-refractivity contribution is 5.63. The lowest BCUT2D eigenvalue weighted by Gasteiger charge is -2.40. The van der Waals surface area contributed by atoms with Gasteiger partial charge in [-0.15, -0.1) is 0 Å². The van der Waals surface area contributed by atoms with Crippen LogP contribution in [0.4, 0.5) is 5.69 Å². The molecule has 2 atom stereocenters. The zero-order valence-electron chi connectivity index (χ0n) is 11.6. The van der Waals surface area contributed by atoms with E-state index in [4.69, 9.17) is 10.5 Å². The van der Waals surface area contributed by atoms with E-state index < -0.39 is 0 Å².